The maximum Gasteiger partial charge on any atom is 0.269 e. The van der Waals surface area contributed by atoms with Crippen LogP contribution in [0.25, 0.3) is 0 Å². The predicted octanol–water partition coefficient (Wildman–Crippen LogP) is 2.71. The molecule has 1 aromatic carbocycles. The second kappa shape index (κ2) is 3.55. The van der Waals surface area contributed by atoms with E-state index >= 15 is 0 Å². The Labute approximate surface area is 71.0 Å². The van der Waals surface area contributed by atoms with E-state index in [0.29, 0.717) is 12.1 Å². The van der Waals surface area contributed by atoms with E-state index in [4.69, 9.17) is 0 Å². The molecule has 0 atom stereocenters. The summed E-state index contributed by atoms with van der Waals surface area (Å²) in [5.74, 6) is -2.81. The fraction of sp³-hybridized carbons (Fsp3) is 0.125. The molecule has 1 rings (SSSR count). The number of aldehydes is 1. The van der Waals surface area contributed by atoms with Crippen LogP contribution in [-0.4, -0.2) is 6.29 Å². The number of rotatable bonds is 2. The Balaban J connectivity index is 3.31. The maximum atomic E-state index is 12.7. The zero-order valence-corrected chi connectivity index (χ0v) is 6.23. The fourth-order valence-corrected chi connectivity index (χ4v) is 0.880. The minimum atomic E-state index is -3.22. The van der Waals surface area contributed by atoms with Crippen molar-refractivity contribution in [1.82, 2.24) is 0 Å². The number of carbonyl (C=O) groups excluding carboxylic acids is 1. The number of halogens is 4. The lowest BCUT2D eigenvalue weighted by Crippen LogP contribution is -1.98. The van der Waals surface area contributed by atoms with Crippen molar-refractivity contribution in [3.05, 3.63) is 34.9 Å². The van der Waals surface area contributed by atoms with Gasteiger partial charge in [0.1, 0.15) is 17.9 Å². The standard InChI is InChI=1S/C8H4F4O/c9-5-1-4(3-13)2-6(10)7(5)8(11)12/h1-3,8H. The molecule has 0 aromatic heterocycles. The molecule has 0 radical (unpaired) electrons. The smallest absolute Gasteiger partial charge is 0.269 e. The highest BCUT2D eigenvalue weighted by molar-refractivity contribution is 5.74. The van der Waals surface area contributed by atoms with E-state index in [0.717, 1.165) is 0 Å². The molecule has 0 saturated heterocycles. The van der Waals surface area contributed by atoms with Crippen LogP contribution in [0.3, 0.4) is 0 Å². The molecule has 0 unspecified atom stereocenters. The Bertz CT molecular complexity index is 312. The highest BCUT2D eigenvalue weighted by Gasteiger charge is 2.19. The first-order valence-electron chi connectivity index (χ1n) is 3.28. The molecule has 0 saturated carbocycles. The van der Waals surface area contributed by atoms with Gasteiger partial charge in [-0.05, 0) is 12.1 Å². The summed E-state index contributed by atoms with van der Waals surface area (Å²) in [5.41, 5.74) is -1.61. The van der Waals surface area contributed by atoms with Crippen molar-refractivity contribution in [2.45, 2.75) is 6.43 Å². The Morgan fingerprint density at radius 1 is 1.15 bits per heavy atom. The first kappa shape index (κ1) is 9.70. The van der Waals surface area contributed by atoms with E-state index in [-0.39, 0.29) is 11.8 Å². The van der Waals surface area contributed by atoms with Crippen LogP contribution in [0.4, 0.5) is 17.6 Å². The molecule has 0 aliphatic rings. The van der Waals surface area contributed by atoms with Crippen molar-refractivity contribution in [1.29, 1.82) is 0 Å². The maximum absolute atomic E-state index is 12.7. The molecule has 5 heteroatoms. The quantitative estimate of drug-likeness (QED) is 0.520. The van der Waals surface area contributed by atoms with Crippen molar-refractivity contribution in [3.63, 3.8) is 0 Å². The van der Waals surface area contributed by atoms with Crippen LogP contribution in [0.1, 0.15) is 22.3 Å². The summed E-state index contributed by atoms with van der Waals surface area (Å²) in [4.78, 5) is 10.1. The molecule has 1 nitrogen and oxygen atoms in total. The van der Waals surface area contributed by atoms with Gasteiger partial charge in [-0.25, -0.2) is 17.6 Å². The third-order valence-electron chi connectivity index (χ3n) is 1.46. The monoisotopic (exact) mass is 192 g/mol. The minimum absolute atomic E-state index is 0.182. The largest absolute Gasteiger partial charge is 0.298 e. The van der Waals surface area contributed by atoms with Crippen molar-refractivity contribution >= 4 is 6.29 Å². The van der Waals surface area contributed by atoms with Gasteiger partial charge in [0.25, 0.3) is 6.43 Å². The summed E-state index contributed by atoms with van der Waals surface area (Å²) >= 11 is 0. The highest BCUT2D eigenvalue weighted by atomic mass is 19.3. The molecule has 13 heavy (non-hydrogen) atoms. The molecule has 0 N–H and O–H groups in total. The Morgan fingerprint density at radius 3 is 1.92 bits per heavy atom. The van der Waals surface area contributed by atoms with Crippen LogP contribution in [0.15, 0.2) is 12.1 Å². The summed E-state index contributed by atoms with van der Waals surface area (Å²) in [6.45, 7) is 0. The van der Waals surface area contributed by atoms with Crippen LogP contribution in [0.5, 0.6) is 0 Å². The Morgan fingerprint density at radius 2 is 1.62 bits per heavy atom. The van der Waals surface area contributed by atoms with Crippen molar-refractivity contribution in [3.8, 4) is 0 Å². The van der Waals surface area contributed by atoms with Gasteiger partial charge >= 0.3 is 0 Å². The zero-order chi connectivity index (χ0) is 10.0. The van der Waals surface area contributed by atoms with Gasteiger partial charge in [0.15, 0.2) is 0 Å². The Kier molecular flexibility index (Phi) is 2.65. The van der Waals surface area contributed by atoms with E-state index in [2.05, 4.69) is 0 Å². The summed E-state index contributed by atoms with van der Waals surface area (Å²) < 4.78 is 49.3. The highest BCUT2D eigenvalue weighted by Crippen LogP contribution is 2.25. The van der Waals surface area contributed by atoms with Crippen molar-refractivity contribution in [2.75, 3.05) is 0 Å². The first-order chi connectivity index (χ1) is 6.06. The van der Waals surface area contributed by atoms with Gasteiger partial charge in [-0.3, -0.25) is 4.79 Å². The van der Waals surface area contributed by atoms with Gasteiger partial charge in [-0.2, -0.15) is 0 Å². The second-order valence-corrected chi connectivity index (χ2v) is 2.32. The van der Waals surface area contributed by atoms with Crippen LogP contribution in [-0.2, 0) is 0 Å². The van der Waals surface area contributed by atoms with Gasteiger partial charge in [0.2, 0.25) is 0 Å². The minimum Gasteiger partial charge on any atom is -0.298 e. The number of alkyl halides is 2. The van der Waals surface area contributed by atoms with E-state index in [1.165, 1.54) is 0 Å². The van der Waals surface area contributed by atoms with Gasteiger partial charge < -0.3 is 0 Å². The third-order valence-corrected chi connectivity index (χ3v) is 1.46. The van der Waals surface area contributed by atoms with Gasteiger partial charge in [-0.1, -0.05) is 0 Å². The lowest BCUT2D eigenvalue weighted by Gasteiger charge is -2.03. The average molecular weight is 192 g/mol. The number of hydrogen-bond donors (Lipinski definition) is 0. The number of benzene rings is 1. The molecular weight excluding hydrogens is 188 g/mol. The van der Waals surface area contributed by atoms with Crippen LogP contribution in [0.2, 0.25) is 0 Å². The van der Waals surface area contributed by atoms with E-state index < -0.39 is 23.6 Å². The van der Waals surface area contributed by atoms with E-state index in [1.807, 2.05) is 0 Å². The number of hydrogen-bond acceptors (Lipinski definition) is 1. The average Bonchev–Trinajstić information content (AvgIpc) is 2.02. The first-order valence-corrected chi connectivity index (χ1v) is 3.28. The third kappa shape index (κ3) is 1.85. The molecule has 1 aromatic rings. The van der Waals surface area contributed by atoms with E-state index in [1.54, 1.807) is 0 Å². The number of carbonyl (C=O) groups is 1. The topological polar surface area (TPSA) is 17.1 Å². The molecule has 0 aliphatic carbocycles. The van der Waals surface area contributed by atoms with Gasteiger partial charge in [0.05, 0.1) is 5.56 Å². The lowest BCUT2D eigenvalue weighted by molar-refractivity contribution is 0.112. The molecule has 0 bridgehead atoms. The predicted molar refractivity (Wildman–Crippen MR) is 36.7 cm³/mol. The molecule has 70 valence electrons. The lowest BCUT2D eigenvalue weighted by atomic mass is 10.1. The van der Waals surface area contributed by atoms with Gasteiger partial charge in [-0.15, -0.1) is 0 Å². The van der Waals surface area contributed by atoms with Crippen LogP contribution >= 0.6 is 0 Å². The normalized spacial score (nSPS) is 10.5. The zero-order valence-electron chi connectivity index (χ0n) is 6.23. The molecule has 0 heterocycles. The molecule has 0 fully saturated rings. The molecular formula is C8H4F4O. The molecule has 0 amide bonds. The fourth-order valence-electron chi connectivity index (χ4n) is 0.880. The van der Waals surface area contributed by atoms with Crippen LogP contribution in [0, 0.1) is 11.6 Å². The van der Waals surface area contributed by atoms with Crippen molar-refractivity contribution in [2.24, 2.45) is 0 Å². The SMILES string of the molecule is O=Cc1cc(F)c(C(F)F)c(F)c1. The van der Waals surface area contributed by atoms with Crippen LogP contribution < -0.4 is 0 Å². The van der Waals surface area contributed by atoms with Gasteiger partial charge in [0, 0.05) is 5.56 Å². The molecule has 0 spiro atoms. The van der Waals surface area contributed by atoms with E-state index in [9.17, 15) is 22.4 Å². The van der Waals surface area contributed by atoms with Crippen molar-refractivity contribution < 1.29 is 22.4 Å². The summed E-state index contributed by atoms with van der Waals surface area (Å²) in [7, 11) is 0. The summed E-state index contributed by atoms with van der Waals surface area (Å²) in [6.07, 6.45) is -3.04. The summed E-state index contributed by atoms with van der Waals surface area (Å²) in [5, 5.41) is 0. The second-order valence-electron chi connectivity index (χ2n) is 2.32. The molecule has 0 aliphatic heterocycles. The summed E-state index contributed by atoms with van der Waals surface area (Å²) in [6, 6.07) is 1.13. The Hall–Kier alpha value is -1.39.